The summed E-state index contributed by atoms with van der Waals surface area (Å²) in [5.41, 5.74) is 2.11. The molecule has 0 spiro atoms. The summed E-state index contributed by atoms with van der Waals surface area (Å²) in [6, 6.07) is 10.0. The van der Waals surface area contributed by atoms with Crippen LogP contribution < -0.4 is 5.32 Å². The maximum atomic E-state index is 12.0. The molecule has 1 saturated heterocycles. The second kappa shape index (κ2) is 8.70. The van der Waals surface area contributed by atoms with Gasteiger partial charge in [0, 0.05) is 32.0 Å². The van der Waals surface area contributed by atoms with Crippen LogP contribution in [0.25, 0.3) is 5.69 Å². The van der Waals surface area contributed by atoms with Crippen molar-refractivity contribution in [3.8, 4) is 5.69 Å². The first-order valence-electron chi connectivity index (χ1n) is 9.33. The van der Waals surface area contributed by atoms with Gasteiger partial charge in [-0.2, -0.15) is 5.10 Å². The predicted molar refractivity (Wildman–Crippen MR) is 105 cm³/mol. The lowest BCUT2D eigenvalue weighted by Gasteiger charge is -2.21. The van der Waals surface area contributed by atoms with E-state index in [4.69, 9.17) is 9.73 Å². The molecule has 27 heavy (non-hydrogen) atoms. The predicted octanol–water partition coefficient (Wildman–Crippen LogP) is 2.08. The third kappa shape index (κ3) is 4.30. The summed E-state index contributed by atoms with van der Waals surface area (Å²) in [7, 11) is 1.45. The Bertz CT molecular complexity index is 787. The molecule has 1 N–H and O–H groups in total. The zero-order valence-corrected chi connectivity index (χ0v) is 16.1. The van der Waals surface area contributed by atoms with E-state index in [-0.39, 0.29) is 17.8 Å². The number of hydrogen-bond acceptors (Lipinski definition) is 4. The Morgan fingerprint density at radius 3 is 2.85 bits per heavy atom. The first-order chi connectivity index (χ1) is 13.1. The van der Waals surface area contributed by atoms with E-state index in [0.29, 0.717) is 13.1 Å². The summed E-state index contributed by atoms with van der Waals surface area (Å²) in [6.07, 6.45) is 3.69. The van der Waals surface area contributed by atoms with Crippen LogP contribution in [0.4, 0.5) is 0 Å². The number of carbonyl (C=O) groups excluding carboxylic acids is 1. The number of nitrogens with one attached hydrogen (secondary N) is 1. The first kappa shape index (κ1) is 18.9. The number of guanidine groups is 1. The standard InChI is InChI=1S/C20H27N5O2/c1-4-21-20(24-13-15(2)17(14-24)19(26)27-3)22-12-16-8-5-6-9-18(16)25-11-7-10-23-25/h5-11,15,17H,4,12-14H2,1-3H3,(H,21,22). The second-order valence-electron chi connectivity index (χ2n) is 6.76. The van der Waals surface area contributed by atoms with Crippen molar-refractivity contribution >= 4 is 11.9 Å². The van der Waals surface area contributed by atoms with Crippen molar-refractivity contribution in [2.75, 3.05) is 26.7 Å². The SMILES string of the molecule is CCNC(=NCc1ccccc1-n1cccn1)N1CC(C)C(C(=O)OC)C1. The monoisotopic (exact) mass is 369 g/mol. The maximum Gasteiger partial charge on any atom is 0.310 e. The quantitative estimate of drug-likeness (QED) is 0.496. The van der Waals surface area contributed by atoms with Crippen LogP contribution in [-0.2, 0) is 16.1 Å². The molecule has 2 unspecified atom stereocenters. The zero-order chi connectivity index (χ0) is 19.2. The average molecular weight is 369 g/mol. The molecule has 0 saturated carbocycles. The highest BCUT2D eigenvalue weighted by Gasteiger charge is 2.36. The molecule has 2 atom stereocenters. The highest BCUT2D eigenvalue weighted by Crippen LogP contribution is 2.24. The molecule has 1 fully saturated rings. The lowest BCUT2D eigenvalue weighted by atomic mass is 9.99. The molecular weight excluding hydrogens is 342 g/mol. The van der Waals surface area contributed by atoms with Gasteiger partial charge in [0.15, 0.2) is 5.96 Å². The van der Waals surface area contributed by atoms with Gasteiger partial charge in [0.2, 0.25) is 0 Å². The lowest BCUT2D eigenvalue weighted by molar-refractivity contribution is -0.145. The van der Waals surface area contributed by atoms with Crippen molar-refractivity contribution in [2.45, 2.75) is 20.4 Å². The average Bonchev–Trinajstić information content (AvgIpc) is 3.34. The smallest absolute Gasteiger partial charge is 0.310 e. The number of methoxy groups -OCH3 is 1. The summed E-state index contributed by atoms with van der Waals surface area (Å²) in [5, 5.41) is 7.68. The van der Waals surface area contributed by atoms with E-state index in [1.807, 2.05) is 42.1 Å². The number of nitrogens with zero attached hydrogens (tertiary/aromatic N) is 4. The fourth-order valence-corrected chi connectivity index (χ4v) is 3.46. The van der Waals surface area contributed by atoms with Gasteiger partial charge in [-0.3, -0.25) is 4.79 Å². The molecule has 7 heteroatoms. The van der Waals surface area contributed by atoms with Gasteiger partial charge in [-0.15, -0.1) is 0 Å². The Hall–Kier alpha value is -2.83. The first-order valence-corrected chi connectivity index (χ1v) is 9.33. The van der Waals surface area contributed by atoms with Crippen molar-refractivity contribution in [2.24, 2.45) is 16.8 Å². The molecule has 0 bridgehead atoms. The zero-order valence-electron chi connectivity index (χ0n) is 16.1. The van der Waals surface area contributed by atoms with E-state index in [0.717, 1.165) is 30.3 Å². The Morgan fingerprint density at radius 2 is 2.15 bits per heavy atom. The Morgan fingerprint density at radius 1 is 1.33 bits per heavy atom. The molecule has 0 amide bonds. The van der Waals surface area contributed by atoms with Gasteiger partial charge in [0.25, 0.3) is 0 Å². The van der Waals surface area contributed by atoms with Gasteiger partial charge in [-0.05, 0) is 30.5 Å². The summed E-state index contributed by atoms with van der Waals surface area (Å²) >= 11 is 0. The third-order valence-corrected chi connectivity index (χ3v) is 4.89. The van der Waals surface area contributed by atoms with Crippen LogP contribution >= 0.6 is 0 Å². The molecule has 7 nitrogen and oxygen atoms in total. The molecule has 0 radical (unpaired) electrons. The number of rotatable bonds is 5. The number of carbonyl (C=O) groups is 1. The van der Waals surface area contributed by atoms with Crippen LogP contribution in [0.1, 0.15) is 19.4 Å². The van der Waals surface area contributed by atoms with Gasteiger partial charge >= 0.3 is 5.97 Å². The largest absolute Gasteiger partial charge is 0.469 e. The number of ether oxygens (including phenoxy) is 1. The van der Waals surface area contributed by atoms with E-state index in [2.05, 4.69) is 28.3 Å². The van der Waals surface area contributed by atoms with E-state index in [1.54, 1.807) is 6.20 Å². The molecule has 3 rings (SSSR count). The molecule has 2 aromatic rings. The Kier molecular flexibility index (Phi) is 6.11. The van der Waals surface area contributed by atoms with Crippen molar-refractivity contribution < 1.29 is 9.53 Å². The number of esters is 1. The van der Waals surface area contributed by atoms with Crippen LogP contribution in [-0.4, -0.2) is 53.4 Å². The van der Waals surface area contributed by atoms with Gasteiger partial charge < -0.3 is 15.0 Å². The number of likely N-dealkylation sites (tertiary alicyclic amines) is 1. The topological polar surface area (TPSA) is 71.8 Å². The van der Waals surface area contributed by atoms with Crippen LogP contribution in [0.5, 0.6) is 0 Å². The number of benzene rings is 1. The van der Waals surface area contributed by atoms with Gasteiger partial charge in [-0.25, -0.2) is 9.67 Å². The van der Waals surface area contributed by atoms with Crippen molar-refractivity contribution in [3.05, 3.63) is 48.3 Å². The van der Waals surface area contributed by atoms with Gasteiger partial charge in [-0.1, -0.05) is 25.1 Å². The number of aliphatic imine (C=N–C) groups is 1. The van der Waals surface area contributed by atoms with Gasteiger partial charge in [0.05, 0.1) is 25.3 Å². The highest BCUT2D eigenvalue weighted by molar-refractivity contribution is 5.82. The molecule has 1 aromatic heterocycles. The van der Waals surface area contributed by atoms with Crippen LogP contribution in [0.15, 0.2) is 47.7 Å². The number of hydrogen-bond donors (Lipinski definition) is 1. The summed E-state index contributed by atoms with van der Waals surface area (Å²) in [5.74, 6) is 0.795. The highest BCUT2D eigenvalue weighted by atomic mass is 16.5. The fraction of sp³-hybridized carbons (Fsp3) is 0.450. The molecule has 1 aliphatic heterocycles. The summed E-state index contributed by atoms with van der Waals surface area (Å²) in [6.45, 7) is 6.84. The van der Waals surface area contributed by atoms with E-state index >= 15 is 0 Å². The molecule has 144 valence electrons. The van der Waals surface area contributed by atoms with E-state index < -0.39 is 0 Å². The molecular formula is C20H27N5O2. The molecule has 1 aromatic carbocycles. The Labute approximate surface area is 160 Å². The van der Waals surface area contributed by atoms with Crippen LogP contribution in [0, 0.1) is 11.8 Å². The lowest BCUT2D eigenvalue weighted by Crippen LogP contribution is -2.40. The van der Waals surface area contributed by atoms with Crippen LogP contribution in [0.2, 0.25) is 0 Å². The minimum Gasteiger partial charge on any atom is -0.469 e. The maximum absolute atomic E-state index is 12.0. The van der Waals surface area contributed by atoms with E-state index in [1.165, 1.54) is 7.11 Å². The van der Waals surface area contributed by atoms with Crippen molar-refractivity contribution in [1.29, 1.82) is 0 Å². The number of aromatic nitrogens is 2. The fourth-order valence-electron chi connectivity index (χ4n) is 3.46. The molecule has 2 heterocycles. The number of para-hydroxylation sites is 1. The second-order valence-corrected chi connectivity index (χ2v) is 6.76. The van der Waals surface area contributed by atoms with Crippen molar-refractivity contribution in [1.82, 2.24) is 20.0 Å². The van der Waals surface area contributed by atoms with Gasteiger partial charge in [0.1, 0.15) is 0 Å². The normalized spacial score (nSPS) is 20.0. The van der Waals surface area contributed by atoms with E-state index in [9.17, 15) is 4.79 Å². The molecule has 1 aliphatic rings. The third-order valence-electron chi connectivity index (χ3n) is 4.89. The summed E-state index contributed by atoms with van der Waals surface area (Å²) < 4.78 is 6.79. The Balaban J connectivity index is 1.79. The van der Waals surface area contributed by atoms with Crippen LogP contribution in [0.3, 0.4) is 0 Å². The summed E-state index contributed by atoms with van der Waals surface area (Å²) in [4.78, 5) is 19.0. The molecule has 0 aliphatic carbocycles. The van der Waals surface area contributed by atoms with Crippen molar-refractivity contribution in [3.63, 3.8) is 0 Å². The minimum atomic E-state index is -0.148. The minimum absolute atomic E-state index is 0.116.